The van der Waals surface area contributed by atoms with Crippen LogP contribution in [-0.4, -0.2) is 49.8 Å². The van der Waals surface area contributed by atoms with Crippen LogP contribution in [0, 0.1) is 11.3 Å². The molecule has 0 aromatic carbocycles. The monoisotopic (exact) mass is 296 g/mol. The molecule has 0 aromatic rings. The van der Waals surface area contributed by atoms with E-state index in [1.54, 1.807) is 0 Å². The average molecular weight is 296 g/mol. The number of likely N-dealkylation sites (N-methyl/N-ethyl adjacent to an activating group) is 1. The van der Waals surface area contributed by atoms with Crippen LogP contribution in [0.15, 0.2) is 0 Å². The van der Waals surface area contributed by atoms with E-state index < -0.39 is 0 Å². The molecule has 21 heavy (non-hydrogen) atoms. The van der Waals surface area contributed by atoms with Gasteiger partial charge in [0.25, 0.3) is 0 Å². The lowest BCUT2D eigenvalue weighted by molar-refractivity contribution is -0.0155. The number of likely N-dealkylation sites (tertiary alicyclic amines) is 1. The maximum Gasteiger partial charge on any atom is 0.0599 e. The molecule has 2 rings (SSSR count). The van der Waals surface area contributed by atoms with Crippen molar-refractivity contribution in [2.24, 2.45) is 11.3 Å². The molecule has 3 atom stereocenters. The molecule has 0 aromatic heterocycles. The van der Waals surface area contributed by atoms with Crippen LogP contribution in [0.1, 0.15) is 59.8 Å². The lowest BCUT2D eigenvalue weighted by Gasteiger charge is -2.48. The second kappa shape index (κ2) is 7.43. The molecule has 1 aliphatic heterocycles. The molecule has 0 amide bonds. The van der Waals surface area contributed by atoms with Crippen molar-refractivity contribution in [2.75, 3.05) is 26.7 Å². The number of rotatable bonds is 4. The predicted molar refractivity (Wildman–Crippen MR) is 89.7 cm³/mol. The summed E-state index contributed by atoms with van der Waals surface area (Å²) in [7, 11) is 2.14. The zero-order valence-corrected chi connectivity index (χ0v) is 14.8. The summed E-state index contributed by atoms with van der Waals surface area (Å²) in [6, 6.07) is 1.39. The van der Waals surface area contributed by atoms with E-state index in [0.29, 0.717) is 17.6 Å². The summed E-state index contributed by atoms with van der Waals surface area (Å²) in [5.41, 5.74) is 0.445. The van der Waals surface area contributed by atoms with Gasteiger partial charge in [0.05, 0.1) is 6.10 Å². The lowest BCUT2D eigenvalue weighted by atomic mass is 9.69. The molecule has 1 saturated heterocycles. The molecule has 0 spiro atoms. The summed E-state index contributed by atoms with van der Waals surface area (Å²) in [6.07, 6.45) is 6.98. The van der Waals surface area contributed by atoms with Gasteiger partial charge in [0.2, 0.25) is 0 Å². The Kier molecular flexibility index (Phi) is 6.10. The van der Waals surface area contributed by atoms with Crippen molar-refractivity contribution in [1.29, 1.82) is 0 Å². The standard InChI is InChI=1S/C18H36N2O/c1-6-21-15-9-11-20(12-10-15)17-13-14(18(2,3)4)7-8-16(17)19-5/h14-17,19H,6-13H2,1-5H3. The van der Waals surface area contributed by atoms with Crippen LogP contribution in [0.4, 0.5) is 0 Å². The van der Waals surface area contributed by atoms with Gasteiger partial charge in [-0.25, -0.2) is 0 Å². The minimum atomic E-state index is 0.445. The number of piperidine rings is 1. The highest BCUT2D eigenvalue weighted by Crippen LogP contribution is 2.40. The molecule has 124 valence electrons. The van der Waals surface area contributed by atoms with Gasteiger partial charge in [-0.1, -0.05) is 20.8 Å². The summed E-state index contributed by atoms with van der Waals surface area (Å²) in [4.78, 5) is 2.74. The van der Waals surface area contributed by atoms with Crippen molar-refractivity contribution in [3.05, 3.63) is 0 Å². The van der Waals surface area contributed by atoms with Gasteiger partial charge in [-0.05, 0) is 57.4 Å². The van der Waals surface area contributed by atoms with E-state index in [1.807, 2.05) is 0 Å². The van der Waals surface area contributed by atoms with E-state index in [9.17, 15) is 0 Å². The van der Waals surface area contributed by atoms with Gasteiger partial charge < -0.3 is 10.1 Å². The lowest BCUT2D eigenvalue weighted by Crippen LogP contribution is -2.56. The molecule has 1 saturated carbocycles. The zero-order chi connectivity index (χ0) is 15.5. The predicted octanol–water partition coefficient (Wildman–Crippen LogP) is 3.29. The van der Waals surface area contributed by atoms with E-state index in [0.717, 1.165) is 18.6 Å². The Balaban J connectivity index is 1.95. The van der Waals surface area contributed by atoms with E-state index in [4.69, 9.17) is 4.74 Å². The summed E-state index contributed by atoms with van der Waals surface area (Å²) < 4.78 is 5.80. The fourth-order valence-electron chi connectivity index (χ4n) is 4.28. The summed E-state index contributed by atoms with van der Waals surface area (Å²) in [5, 5.41) is 3.59. The van der Waals surface area contributed by atoms with Crippen LogP contribution in [-0.2, 0) is 4.74 Å². The zero-order valence-electron chi connectivity index (χ0n) is 14.8. The van der Waals surface area contributed by atoms with Gasteiger partial charge in [-0.2, -0.15) is 0 Å². The third-order valence-corrected chi connectivity index (χ3v) is 5.76. The molecular formula is C18H36N2O. The first-order valence-electron chi connectivity index (χ1n) is 8.98. The highest BCUT2D eigenvalue weighted by atomic mass is 16.5. The van der Waals surface area contributed by atoms with Crippen LogP contribution < -0.4 is 5.32 Å². The van der Waals surface area contributed by atoms with Gasteiger partial charge in [-0.15, -0.1) is 0 Å². The average Bonchev–Trinajstić information content (AvgIpc) is 2.47. The molecular weight excluding hydrogens is 260 g/mol. The molecule has 3 heteroatoms. The fraction of sp³-hybridized carbons (Fsp3) is 1.00. The fourth-order valence-corrected chi connectivity index (χ4v) is 4.28. The second-order valence-corrected chi connectivity index (χ2v) is 8.03. The number of ether oxygens (including phenoxy) is 1. The Morgan fingerprint density at radius 2 is 1.76 bits per heavy atom. The second-order valence-electron chi connectivity index (χ2n) is 8.03. The summed E-state index contributed by atoms with van der Waals surface area (Å²) >= 11 is 0. The van der Waals surface area contributed by atoms with Crippen LogP contribution >= 0.6 is 0 Å². The van der Waals surface area contributed by atoms with Crippen molar-refractivity contribution >= 4 is 0 Å². The Morgan fingerprint density at radius 3 is 2.29 bits per heavy atom. The molecule has 2 fully saturated rings. The SMILES string of the molecule is CCOC1CCN(C2CC(C(C)(C)C)CCC2NC)CC1. The summed E-state index contributed by atoms with van der Waals surface area (Å²) in [5.74, 6) is 0.858. The molecule has 1 heterocycles. The minimum Gasteiger partial charge on any atom is -0.378 e. The molecule has 3 unspecified atom stereocenters. The number of hydrogen-bond donors (Lipinski definition) is 1. The normalized spacial score (nSPS) is 33.3. The highest BCUT2D eigenvalue weighted by molar-refractivity contribution is 4.95. The Bertz CT molecular complexity index is 305. The van der Waals surface area contributed by atoms with Crippen molar-refractivity contribution in [2.45, 2.75) is 78.0 Å². The largest absolute Gasteiger partial charge is 0.378 e. The van der Waals surface area contributed by atoms with Crippen LogP contribution in [0.5, 0.6) is 0 Å². The van der Waals surface area contributed by atoms with Gasteiger partial charge in [0, 0.05) is 31.8 Å². The minimum absolute atomic E-state index is 0.445. The van der Waals surface area contributed by atoms with E-state index in [1.165, 1.54) is 45.2 Å². The molecule has 0 bridgehead atoms. The van der Waals surface area contributed by atoms with Crippen molar-refractivity contribution < 1.29 is 4.74 Å². The number of nitrogens with one attached hydrogen (secondary N) is 1. The molecule has 1 aliphatic carbocycles. The number of hydrogen-bond acceptors (Lipinski definition) is 3. The topological polar surface area (TPSA) is 24.5 Å². The van der Waals surface area contributed by atoms with Crippen LogP contribution in [0.3, 0.4) is 0 Å². The Morgan fingerprint density at radius 1 is 1.10 bits per heavy atom. The van der Waals surface area contributed by atoms with E-state index >= 15 is 0 Å². The van der Waals surface area contributed by atoms with Gasteiger partial charge >= 0.3 is 0 Å². The third-order valence-electron chi connectivity index (χ3n) is 5.76. The van der Waals surface area contributed by atoms with Crippen molar-refractivity contribution in [3.63, 3.8) is 0 Å². The first kappa shape index (κ1) is 17.2. The van der Waals surface area contributed by atoms with E-state index in [-0.39, 0.29) is 0 Å². The summed E-state index contributed by atoms with van der Waals surface area (Å²) in [6.45, 7) is 12.6. The smallest absolute Gasteiger partial charge is 0.0599 e. The van der Waals surface area contributed by atoms with Crippen LogP contribution in [0.2, 0.25) is 0 Å². The Hall–Kier alpha value is -0.120. The van der Waals surface area contributed by atoms with Crippen molar-refractivity contribution in [1.82, 2.24) is 10.2 Å². The number of nitrogens with zero attached hydrogens (tertiary/aromatic N) is 1. The van der Waals surface area contributed by atoms with Crippen LogP contribution in [0.25, 0.3) is 0 Å². The highest BCUT2D eigenvalue weighted by Gasteiger charge is 2.38. The van der Waals surface area contributed by atoms with E-state index in [2.05, 4.69) is 45.0 Å². The van der Waals surface area contributed by atoms with Gasteiger partial charge in [0.15, 0.2) is 0 Å². The maximum atomic E-state index is 5.80. The first-order chi connectivity index (χ1) is 9.95. The Labute approximate surface area is 131 Å². The third kappa shape index (κ3) is 4.43. The molecule has 0 radical (unpaired) electrons. The molecule has 1 N–H and O–H groups in total. The first-order valence-corrected chi connectivity index (χ1v) is 8.98. The molecule has 2 aliphatic rings. The quantitative estimate of drug-likeness (QED) is 0.861. The van der Waals surface area contributed by atoms with Crippen molar-refractivity contribution in [3.8, 4) is 0 Å². The van der Waals surface area contributed by atoms with Gasteiger partial charge in [0.1, 0.15) is 0 Å². The van der Waals surface area contributed by atoms with Gasteiger partial charge in [-0.3, -0.25) is 4.90 Å². The maximum absolute atomic E-state index is 5.80. The molecule has 3 nitrogen and oxygen atoms in total.